The van der Waals surface area contributed by atoms with E-state index in [4.69, 9.17) is 0 Å². The fourth-order valence-corrected chi connectivity index (χ4v) is 7.67. The van der Waals surface area contributed by atoms with E-state index in [1.807, 2.05) is 36.4 Å². The minimum atomic E-state index is -0.704. The Labute approximate surface area is 254 Å². The molecule has 0 amide bonds. The number of carbonyl (C=O) groups excluding carboxylic acids is 1. The van der Waals surface area contributed by atoms with E-state index in [2.05, 4.69) is 140 Å². The first-order valence-corrected chi connectivity index (χ1v) is 15.0. The number of Topliss-reactive ketones (excluding diaryl/α,β-unsaturated/α-hetero) is 1. The summed E-state index contributed by atoms with van der Waals surface area (Å²) in [7, 11) is 2.19. The van der Waals surface area contributed by atoms with Crippen molar-refractivity contribution in [2.24, 2.45) is 5.92 Å². The first-order chi connectivity index (χ1) is 21.0. The fourth-order valence-electron chi connectivity index (χ4n) is 7.67. The minimum absolute atomic E-state index is 0.137. The zero-order valence-corrected chi connectivity index (χ0v) is 24.7. The van der Waals surface area contributed by atoms with Crippen molar-refractivity contribution in [1.29, 1.82) is 0 Å². The maximum Gasteiger partial charge on any atom is 0.173 e. The predicted molar refractivity (Wildman–Crippen MR) is 178 cm³/mol. The molecule has 1 spiro atoms. The SMILES string of the molecule is CN1c2ccccc2C(C)(Cc2ccccc2)C12C=C(c1ccccc1)C=C(c1ccccc1)C2C(=O)c1ccccc1. The molecule has 7 rings (SSSR count). The second-order valence-electron chi connectivity index (χ2n) is 12.0. The van der Waals surface area contributed by atoms with Crippen molar-refractivity contribution in [3.63, 3.8) is 0 Å². The van der Waals surface area contributed by atoms with E-state index in [1.165, 1.54) is 16.8 Å². The Balaban J connectivity index is 1.57. The van der Waals surface area contributed by atoms with Crippen LogP contribution in [0, 0.1) is 5.92 Å². The highest BCUT2D eigenvalue weighted by molar-refractivity contribution is 6.10. The first-order valence-electron chi connectivity index (χ1n) is 15.0. The second kappa shape index (κ2) is 10.7. The van der Waals surface area contributed by atoms with Crippen molar-refractivity contribution in [2.45, 2.75) is 24.3 Å². The van der Waals surface area contributed by atoms with Gasteiger partial charge in [0, 0.05) is 23.7 Å². The molecule has 0 saturated heterocycles. The van der Waals surface area contributed by atoms with Gasteiger partial charge in [-0.05, 0) is 58.0 Å². The van der Waals surface area contributed by atoms with Gasteiger partial charge in [-0.2, -0.15) is 0 Å². The highest BCUT2D eigenvalue weighted by Gasteiger charge is 2.64. The number of fused-ring (bicyclic) bond motifs is 1. The van der Waals surface area contributed by atoms with Crippen LogP contribution >= 0.6 is 0 Å². The molecule has 1 heterocycles. The molecule has 1 aliphatic carbocycles. The highest BCUT2D eigenvalue weighted by atomic mass is 16.1. The quantitative estimate of drug-likeness (QED) is 0.194. The van der Waals surface area contributed by atoms with Crippen molar-refractivity contribution in [3.8, 4) is 0 Å². The van der Waals surface area contributed by atoms with E-state index >= 15 is 4.79 Å². The van der Waals surface area contributed by atoms with E-state index < -0.39 is 16.9 Å². The molecule has 3 unspecified atom stereocenters. The van der Waals surface area contributed by atoms with Gasteiger partial charge in [0.2, 0.25) is 0 Å². The van der Waals surface area contributed by atoms with Crippen LogP contribution in [-0.4, -0.2) is 18.4 Å². The maximum atomic E-state index is 15.1. The number of para-hydroxylation sites is 1. The molecule has 2 aliphatic rings. The molecule has 2 heteroatoms. The molecule has 2 nitrogen and oxygen atoms in total. The molecule has 3 atom stereocenters. The van der Waals surface area contributed by atoms with Gasteiger partial charge in [0.25, 0.3) is 0 Å². The average molecular weight is 558 g/mol. The van der Waals surface area contributed by atoms with Crippen LogP contribution < -0.4 is 4.90 Å². The summed E-state index contributed by atoms with van der Waals surface area (Å²) in [5.74, 6) is -0.325. The Bertz CT molecular complexity index is 1820. The van der Waals surface area contributed by atoms with Crippen LogP contribution in [0.1, 0.15) is 39.5 Å². The topological polar surface area (TPSA) is 20.3 Å². The van der Waals surface area contributed by atoms with Gasteiger partial charge in [-0.1, -0.05) is 146 Å². The van der Waals surface area contributed by atoms with Crippen LogP contribution in [0.15, 0.2) is 158 Å². The molecule has 0 saturated carbocycles. The third kappa shape index (κ3) is 4.29. The van der Waals surface area contributed by atoms with E-state index in [0.29, 0.717) is 0 Å². The number of anilines is 1. The standard InChI is InChI=1S/C41H35NO/c1-40(28-30-17-7-3-8-18-30)36-25-15-16-26-37(36)42(2)41(40)29-34(31-19-9-4-10-20-31)27-35(32-21-11-5-12-22-32)38(41)39(43)33-23-13-6-14-24-33/h3-27,29,38H,28H2,1-2H3. The summed E-state index contributed by atoms with van der Waals surface area (Å²) in [4.78, 5) is 17.5. The zero-order valence-electron chi connectivity index (χ0n) is 24.7. The lowest BCUT2D eigenvalue weighted by Crippen LogP contribution is -2.63. The molecule has 43 heavy (non-hydrogen) atoms. The Kier molecular flexibility index (Phi) is 6.70. The van der Waals surface area contributed by atoms with Crippen molar-refractivity contribution in [3.05, 3.63) is 186 Å². The summed E-state index contributed by atoms with van der Waals surface area (Å²) in [6.07, 6.45) is 5.47. The van der Waals surface area contributed by atoms with Crippen molar-refractivity contribution >= 4 is 22.6 Å². The number of rotatable bonds is 6. The largest absolute Gasteiger partial charge is 0.363 e. The monoisotopic (exact) mass is 557 g/mol. The molecule has 0 aromatic heterocycles. The first kappa shape index (κ1) is 26.9. The Morgan fingerprint density at radius 1 is 0.674 bits per heavy atom. The maximum absolute atomic E-state index is 15.1. The highest BCUT2D eigenvalue weighted by Crippen LogP contribution is 2.61. The van der Waals surface area contributed by atoms with Crippen LogP contribution in [0.4, 0.5) is 5.69 Å². The lowest BCUT2D eigenvalue weighted by atomic mass is 9.55. The number of ketones is 1. The molecule has 1 aliphatic heterocycles. The number of benzene rings is 5. The lowest BCUT2D eigenvalue weighted by Gasteiger charge is -2.53. The van der Waals surface area contributed by atoms with Gasteiger partial charge in [0.05, 0.1) is 11.5 Å². The molecule has 0 fully saturated rings. The molecule has 0 bridgehead atoms. The number of hydrogen-bond acceptors (Lipinski definition) is 2. The summed E-state index contributed by atoms with van der Waals surface area (Å²) in [6.45, 7) is 2.38. The van der Waals surface area contributed by atoms with Crippen molar-refractivity contribution in [1.82, 2.24) is 0 Å². The van der Waals surface area contributed by atoms with Gasteiger partial charge in [0.1, 0.15) is 0 Å². The van der Waals surface area contributed by atoms with E-state index in [-0.39, 0.29) is 5.78 Å². The van der Waals surface area contributed by atoms with Crippen LogP contribution in [0.2, 0.25) is 0 Å². The number of nitrogens with zero attached hydrogens (tertiary/aromatic N) is 1. The zero-order chi connectivity index (χ0) is 29.4. The Morgan fingerprint density at radius 3 is 1.86 bits per heavy atom. The third-order valence-electron chi connectivity index (χ3n) is 9.67. The van der Waals surface area contributed by atoms with Gasteiger partial charge in [-0.3, -0.25) is 4.79 Å². The molecule has 5 aromatic rings. The summed E-state index contributed by atoms with van der Waals surface area (Å²) in [6, 6.07) is 50.4. The van der Waals surface area contributed by atoms with Crippen molar-refractivity contribution < 1.29 is 4.79 Å². The number of hydrogen-bond donors (Lipinski definition) is 0. The van der Waals surface area contributed by atoms with E-state index in [1.54, 1.807) is 0 Å². The number of likely N-dealkylation sites (N-methyl/N-ethyl adjacent to an activating group) is 1. The molecular formula is C41H35NO. The van der Waals surface area contributed by atoms with Gasteiger partial charge in [-0.15, -0.1) is 0 Å². The smallest absolute Gasteiger partial charge is 0.173 e. The number of carbonyl (C=O) groups is 1. The van der Waals surface area contributed by atoms with E-state index in [0.717, 1.165) is 34.3 Å². The Morgan fingerprint density at radius 2 is 1.21 bits per heavy atom. The fraction of sp³-hybridized carbons (Fsp3) is 0.146. The van der Waals surface area contributed by atoms with Crippen LogP contribution in [0.5, 0.6) is 0 Å². The predicted octanol–water partition coefficient (Wildman–Crippen LogP) is 9.06. The molecule has 0 radical (unpaired) electrons. The normalized spacial score (nSPS) is 22.6. The summed E-state index contributed by atoms with van der Waals surface area (Å²) >= 11 is 0. The van der Waals surface area contributed by atoms with Crippen LogP contribution in [0.3, 0.4) is 0 Å². The van der Waals surface area contributed by atoms with E-state index in [9.17, 15) is 0 Å². The summed E-state index contributed by atoms with van der Waals surface area (Å²) in [5.41, 5.74) is 7.69. The molecule has 210 valence electrons. The third-order valence-corrected chi connectivity index (χ3v) is 9.67. The van der Waals surface area contributed by atoms with Gasteiger partial charge in [0.15, 0.2) is 5.78 Å². The molecule has 5 aromatic carbocycles. The number of allylic oxidation sites excluding steroid dienone is 2. The van der Waals surface area contributed by atoms with Crippen LogP contribution in [-0.2, 0) is 11.8 Å². The lowest BCUT2D eigenvalue weighted by molar-refractivity contribution is 0.0878. The minimum Gasteiger partial charge on any atom is -0.363 e. The van der Waals surface area contributed by atoms with Gasteiger partial charge in [-0.25, -0.2) is 0 Å². The summed E-state index contributed by atoms with van der Waals surface area (Å²) < 4.78 is 0. The average Bonchev–Trinajstić information content (AvgIpc) is 3.24. The molecule has 0 N–H and O–H groups in total. The van der Waals surface area contributed by atoms with Crippen LogP contribution in [0.25, 0.3) is 11.1 Å². The van der Waals surface area contributed by atoms with Gasteiger partial charge < -0.3 is 4.90 Å². The van der Waals surface area contributed by atoms with Gasteiger partial charge >= 0.3 is 0 Å². The summed E-state index contributed by atoms with van der Waals surface area (Å²) in [5, 5.41) is 0. The second-order valence-corrected chi connectivity index (χ2v) is 12.0. The molecular weight excluding hydrogens is 522 g/mol. The Hall–Kier alpha value is -4.95. The van der Waals surface area contributed by atoms with Crippen molar-refractivity contribution in [2.75, 3.05) is 11.9 Å².